The summed E-state index contributed by atoms with van der Waals surface area (Å²) in [6.07, 6.45) is 0. The Morgan fingerprint density at radius 3 is 2.06 bits per heavy atom. The predicted molar refractivity (Wildman–Crippen MR) is 75.2 cm³/mol. The maximum atomic E-state index is 12.2. The van der Waals surface area contributed by atoms with Gasteiger partial charge >= 0.3 is 118 Å². The van der Waals surface area contributed by atoms with Crippen LogP contribution in [0, 0.1) is 6.92 Å². The number of rotatable bonds is 3. The van der Waals surface area contributed by atoms with E-state index in [2.05, 4.69) is 0 Å². The Hall–Kier alpha value is -0.801. The quantitative estimate of drug-likeness (QED) is 0.800. The Morgan fingerprint density at radius 1 is 0.944 bits per heavy atom. The first-order valence-corrected chi connectivity index (χ1v) is 9.98. The zero-order valence-electron chi connectivity index (χ0n) is 9.63. The molecule has 0 aliphatic rings. The second-order valence-electron chi connectivity index (χ2n) is 3.80. The van der Waals surface area contributed by atoms with Gasteiger partial charge in [0, 0.05) is 0 Å². The van der Waals surface area contributed by atoms with Crippen LogP contribution in [-0.4, -0.2) is 22.3 Å². The number of aryl methyl sites for hydroxylation is 1. The van der Waals surface area contributed by atoms with Gasteiger partial charge in [-0.1, -0.05) is 0 Å². The van der Waals surface area contributed by atoms with Crippen molar-refractivity contribution in [2.75, 3.05) is 0 Å². The van der Waals surface area contributed by atoms with Crippen molar-refractivity contribution in [1.82, 2.24) is 0 Å². The number of halogens is 1. The van der Waals surface area contributed by atoms with E-state index in [-0.39, 0.29) is 0 Å². The first kappa shape index (κ1) is 13.6. The van der Waals surface area contributed by atoms with Crippen molar-refractivity contribution in [3.05, 3.63) is 59.1 Å². The molecule has 0 N–H and O–H groups in total. The van der Waals surface area contributed by atoms with Crippen molar-refractivity contribution < 1.29 is 8.42 Å². The van der Waals surface area contributed by atoms with Crippen molar-refractivity contribution in [2.45, 2.75) is 11.8 Å². The summed E-state index contributed by atoms with van der Waals surface area (Å²) >= 11 is 5.14. The Morgan fingerprint density at radius 2 is 1.50 bits per heavy atom. The van der Waals surface area contributed by atoms with E-state index in [1.165, 1.54) is 0 Å². The van der Waals surface area contributed by atoms with Gasteiger partial charge in [-0.15, -0.1) is 0 Å². The van der Waals surface area contributed by atoms with Crippen LogP contribution in [0.2, 0.25) is 5.02 Å². The molecule has 2 aromatic carbocycles. The molecule has 0 unspecified atom stereocenters. The standard InChI is InChI=1S/C13H11ClO2SSe/c1-10-2-6-12(7-3-10)17(15,16)18-13-8-4-11(14)5-9-13/h2-9H,1H3. The fraction of sp³-hybridized carbons (Fsp3) is 0.0769. The second-order valence-corrected chi connectivity index (χ2v) is 10.6. The van der Waals surface area contributed by atoms with Crippen molar-refractivity contribution >= 4 is 38.2 Å². The van der Waals surface area contributed by atoms with E-state index in [9.17, 15) is 8.42 Å². The van der Waals surface area contributed by atoms with E-state index < -0.39 is 22.1 Å². The number of hydrogen-bond donors (Lipinski definition) is 0. The molecule has 0 fully saturated rings. The van der Waals surface area contributed by atoms with Crippen LogP contribution in [0.25, 0.3) is 0 Å². The Balaban J connectivity index is 2.27. The Labute approximate surface area is 117 Å². The topological polar surface area (TPSA) is 34.1 Å². The van der Waals surface area contributed by atoms with Gasteiger partial charge < -0.3 is 0 Å². The molecule has 0 bridgehead atoms. The molecule has 0 aliphatic heterocycles. The van der Waals surface area contributed by atoms with E-state index >= 15 is 0 Å². The van der Waals surface area contributed by atoms with Gasteiger partial charge in [-0.05, 0) is 0 Å². The van der Waals surface area contributed by atoms with E-state index in [1.54, 1.807) is 36.4 Å². The summed E-state index contributed by atoms with van der Waals surface area (Å²) in [4.78, 5) is 0.378. The van der Waals surface area contributed by atoms with Crippen molar-refractivity contribution in [1.29, 1.82) is 0 Å². The summed E-state index contributed by atoms with van der Waals surface area (Å²) in [7, 11) is -3.22. The minimum absolute atomic E-state index is 0.378. The van der Waals surface area contributed by atoms with Crippen LogP contribution < -0.4 is 4.46 Å². The van der Waals surface area contributed by atoms with E-state index in [4.69, 9.17) is 11.6 Å². The molecular formula is C13H11ClO2SSe. The Kier molecular flexibility index (Phi) is 4.13. The zero-order valence-corrected chi connectivity index (χ0v) is 12.9. The first-order valence-electron chi connectivity index (χ1n) is 5.24. The van der Waals surface area contributed by atoms with Crippen molar-refractivity contribution in [2.24, 2.45) is 0 Å². The summed E-state index contributed by atoms with van der Waals surface area (Å²) < 4.78 is 25.2. The molecule has 5 heteroatoms. The molecule has 0 radical (unpaired) electrons. The summed E-state index contributed by atoms with van der Waals surface area (Å²) in [5, 5.41) is 0.613. The van der Waals surface area contributed by atoms with E-state index in [1.807, 2.05) is 19.1 Å². The van der Waals surface area contributed by atoms with Crippen LogP contribution in [0.1, 0.15) is 5.56 Å². The SMILES string of the molecule is Cc1ccc(S(=O)(=O)[Se]c2ccc(Cl)cc2)cc1. The van der Waals surface area contributed by atoms with Gasteiger partial charge in [0.05, 0.1) is 0 Å². The van der Waals surface area contributed by atoms with Crippen molar-refractivity contribution in [3.8, 4) is 0 Å². The van der Waals surface area contributed by atoms with E-state index in [0.29, 0.717) is 9.92 Å². The first-order chi connectivity index (χ1) is 8.47. The van der Waals surface area contributed by atoms with Gasteiger partial charge in [0.1, 0.15) is 0 Å². The molecule has 0 amide bonds. The molecule has 18 heavy (non-hydrogen) atoms. The molecule has 0 aliphatic carbocycles. The molecule has 94 valence electrons. The molecule has 0 atom stereocenters. The van der Waals surface area contributed by atoms with Gasteiger partial charge in [0.25, 0.3) is 0 Å². The molecular weight excluding hydrogens is 335 g/mol. The summed E-state index contributed by atoms with van der Waals surface area (Å²) in [5.74, 6) is 0. The van der Waals surface area contributed by atoms with Crippen LogP contribution in [-0.2, 0) is 8.26 Å². The summed E-state index contributed by atoms with van der Waals surface area (Å²) in [6, 6.07) is 13.9. The minimum atomic E-state index is -3.22. The summed E-state index contributed by atoms with van der Waals surface area (Å²) in [5.41, 5.74) is 1.05. The normalized spacial score (nSPS) is 11.4. The molecule has 0 saturated heterocycles. The molecule has 2 aromatic rings. The monoisotopic (exact) mass is 346 g/mol. The molecule has 0 aromatic heterocycles. The molecule has 2 rings (SSSR count). The summed E-state index contributed by atoms with van der Waals surface area (Å²) in [6.45, 7) is 1.93. The van der Waals surface area contributed by atoms with Gasteiger partial charge in [-0.25, -0.2) is 0 Å². The van der Waals surface area contributed by atoms with Gasteiger partial charge in [0.2, 0.25) is 0 Å². The van der Waals surface area contributed by atoms with Crippen LogP contribution in [0.15, 0.2) is 53.4 Å². The molecule has 0 heterocycles. The number of benzene rings is 2. The van der Waals surface area contributed by atoms with Crippen LogP contribution in [0.4, 0.5) is 0 Å². The maximum absolute atomic E-state index is 12.2. The van der Waals surface area contributed by atoms with Crippen LogP contribution >= 0.6 is 11.6 Å². The second kappa shape index (κ2) is 5.45. The predicted octanol–water partition coefficient (Wildman–Crippen LogP) is 2.37. The van der Waals surface area contributed by atoms with E-state index in [0.717, 1.165) is 10.0 Å². The van der Waals surface area contributed by atoms with Crippen LogP contribution in [0.5, 0.6) is 0 Å². The molecule has 0 spiro atoms. The molecule has 2 nitrogen and oxygen atoms in total. The zero-order chi connectivity index (χ0) is 13.2. The van der Waals surface area contributed by atoms with Gasteiger partial charge in [-0.2, -0.15) is 0 Å². The fourth-order valence-electron chi connectivity index (χ4n) is 1.37. The average molecular weight is 346 g/mol. The van der Waals surface area contributed by atoms with Crippen LogP contribution in [0.3, 0.4) is 0 Å². The third kappa shape index (κ3) is 3.36. The number of hydrogen-bond acceptors (Lipinski definition) is 2. The van der Waals surface area contributed by atoms with Crippen molar-refractivity contribution in [3.63, 3.8) is 0 Å². The average Bonchev–Trinajstić information content (AvgIpc) is 2.32. The van der Waals surface area contributed by atoms with Gasteiger partial charge in [-0.3, -0.25) is 0 Å². The molecule has 0 saturated carbocycles. The Bertz CT molecular complexity index is 634. The van der Waals surface area contributed by atoms with Gasteiger partial charge in [0.15, 0.2) is 0 Å². The third-order valence-corrected chi connectivity index (χ3v) is 8.22. The third-order valence-electron chi connectivity index (χ3n) is 2.33. The fourth-order valence-corrected chi connectivity index (χ4v) is 6.31.